The second-order valence-electron chi connectivity index (χ2n) is 6.16. The minimum Gasteiger partial charge on any atom is -0.422 e. The van der Waals surface area contributed by atoms with Gasteiger partial charge in [-0.25, -0.2) is 4.79 Å². The lowest BCUT2D eigenvalue weighted by Crippen LogP contribution is -2.39. The number of carbonyl (C=O) groups is 1. The van der Waals surface area contributed by atoms with E-state index in [0.717, 1.165) is 5.39 Å². The standard InChI is InChI=1S/C17H17NO3/c19-16(18-15(10-5-6-10)11-7-8-11)13-9-12-3-1-2-4-14(12)21-17(13)20/h1-4,9-11,15H,5-8H2,(H,18,19). The molecular formula is C17H17NO3. The van der Waals surface area contributed by atoms with Crippen LogP contribution in [0.15, 0.2) is 39.5 Å². The molecule has 0 bridgehead atoms. The summed E-state index contributed by atoms with van der Waals surface area (Å²) in [6.45, 7) is 0. The second-order valence-corrected chi connectivity index (χ2v) is 6.16. The maximum atomic E-state index is 12.4. The summed E-state index contributed by atoms with van der Waals surface area (Å²) in [4.78, 5) is 24.4. The SMILES string of the molecule is O=C(NC(C1CC1)C1CC1)c1cc2ccccc2oc1=O. The van der Waals surface area contributed by atoms with Gasteiger partial charge in [0.1, 0.15) is 11.1 Å². The van der Waals surface area contributed by atoms with E-state index in [0.29, 0.717) is 17.4 Å². The number of nitrogens with one attached hydrogen (secondary N) is 1. The summed E-state index contributed by atoms with van der Waals surface area (Å²) in [6, 6.07) is 9.11. The summed E-state index contributed by atoms with van der Waals surface area (Å²) in [7, 11) is 0. The molecule has 108 valence electrons. The highest BCUT2D eigenvalue weighted by molar-refractivity contribution is 5.96. The number of benzene rings is 1. The van der Waals surface area contributed by atoms with Crippen molar-refractivity contribution in [3.05, 3.63) is 46.3 Å². The number of fused-ring (bicyclic) bond motifs is 1. The predicted octanol–water partition coefficient (Wildman–Crippen LogP) is 2.71. The van der Waals surface area contributed by atoms with E-state index in [-0.39, 0.29) is 17.5 Å². The van der Waals surface area contributed by atoms with Crippen molar-refractivity contribution in [3.8, 4) is 0 Å². The van der Waals surface area contributed by atoms with Gasteiger partial charge in [0.25, 0.3) is 5.91 Å². The molecule has 2 aliphatic carbocycles. The Morgan fingerprint density at radius 3 is 2.48 bits per heavy atom. The summed E-state index contributed by atoms with van der Waals surface area (Å²) in [5.41, 5.74) is 0.0662. The minimum absolute atomic E-state index is 0.111. The lowest BCUT2D eigenvalue weighted by Gasteiger charge is -2.17. The van der Waals surface area contributed by atoms with Gasteiger partial charge in [-0.2, -0.15) is 0 Å². The van der Waals surface area contributed by atoms with Gasteiger partial charge in [-0.3, -0.25) is 4.79 Å². The monoisotopic (exact) mass is 283 g/mol. The fourth-order valence-electron chi connectivity index (χ4n) is 2.98. The molecule has 4 nitrogen and oxygen atoms in total. The van der Waals surface area contributed by atoms with Crippen molar-refractivity contribution in [3.63, 3.8) is 0 Å². The molecule has 0 saturated heterocycles. The molecule has 1 aromatic heterocycles. The first-order chi connectivity index (χ1) is 10.2. The molecule has 4 rings (SSSR count). The van der Waals surface area contributed by atoms with Crippen LogP contribution in [-0.4, -0.2) is 11.9 Å². The van der Waals surface area contributed by atoms with Crippen molar-refractivity contribution in [2.75, 3.05) is 0 Å². The Hall–Kier alpha value is -2.10. The molecule has 21 heavy (non-hydrogen) atoms. The average Bonchev–Trinajstić information content (AvgIpc) is 3.37. The molecule has 0 aliphatic heterocycles. The molecule has 0 radical (unpaired) electrons. The van der Waals surface area contributed by atoms with E-state index in [1.54, 1.807) is 18.2 Å². The Morgan fingerprint density at radius 1 is 1.14 bits per heavy atom. The van der Waals surface area contributed by atoms with Crippen molar-refractivity contribution in [2.24, 2.45) is 11.8 Å². The van der Waals surface area contributed by atoms with Crippen LogP contribution < -0.4 is 10.9 Å². The topological polar surface area (TPSA) is 59.3 Å². The largest absolute Gasteiger partial charge is 0.422 e. The van der Waals surface area contributed by atoms with Crippen molar-refractivity contribution >= 4 is 16.9 Å². The van der Waals surface area contributed by atoms with Crippen LogP contribution in [0.4, 0.5) is 0 Å². The van der Waals surface area contributed by atoms with Crippen molar-refractivity contribution in [1.29, 1.82) is 0 Å². The molecule has 0 spiro atoms. The van der Waals surface area contributed by atoms with E-state index in [1.165, 1.54) is 25.7 Å². The van der Waals surface area contributed by atoms with Gasteiger partial charge in [0.15, 0.2) is 0 Å². The van der Waals surface area contributed by atoms with E-state index in [2.05, 4.69) is 5.32 Å². The first-order valence-electron chi connectivity index (χ1n) is 7.56. The number of hydrogen-bond acceptors (Lipinski definition) is 3. The lowest BCUT2D eigenvalue weighted by molar-refractivity contribution is 0.0922. The number of hydrogen-bond donors (Lipinski definition) is 1. The highest BCUT2D eigenvalue weighted by atomic mass is 16.4. The van der Waals surface area contributed by atoms with Crippen LogP contribution >= 0.6 is 0 Å². The van der Waals surface area contributed by atoms with Crippen molar-refractivity contribution in [1.82, 2.24) is 5.32 Å². The molecule has 4 heteroatoms. The molecule has 1 aromatic carbocycles. The Labute approximate surface area is 122 Å². The van der Waals surface area contributed by atoms with Gasteiger partial charge in [0.05, 0.1) is 0 Å². The smallest absolute Gasteiger partial charge is 0.349 e. The molecule has 1 amide bonds. The Morgan fingerprint density at radius 2 is 1.81 bits per heavy atom. The molecule has 1 heterocycles. The minimum atomic E-state index is -0.559. The summed E-state index contributed by atoms with van der Waals surface area (Å²) in [5, 5.41) is 3.84. The van der Waals surface area contributed by atoms with E-state index in [9.17, 15) is 9.59 Å². The molecular weight excluding hydrogens is 266 g/mol. The van der Waals surface area contributed by atoms with Gasteiger partial charge >= 0.3 is 5.63 Å². The van der Waals surface area contributed by atoms with Crippen LogP contribution in [0.2, 0.25) is 0 Å². The van der Waals surface area contributed by atoms with Gasteiger partial charge in [-0.15, -0.1) is 0 Å². The molecule has 2 aromatic rings. The first kappa shape index (κ1) is 12.6. The fourth-order valence-corrected chi connectivity index (χ4v) is 2.98. The van der Waals surface area contributed by atoms with Gasteiger partial charge < -0.3 is 9.73 Å². The van der Waals surface area contributed by atoms with Crippen LogP contribution in [0.1, 0.15) is 36.0 Å². The van der Waals surface area contributed by atoms with Gasteiger partial charge in [0, 0.05) is 11.4 Å². The molecule has 1 N–H and O–H groups in total. The quantitative estimate of drug-likeness (QED) is 0.878. The second kappa shape index (κ2) is 4.72. The zero-order valence-corrected chi connectivity index (χ0v) is 11.7. The Balaban J connectivity index is 1.63. The summed E-state index contributed by atoms with van der Waals surface area (Å²) in [6.07, 6.45) is 4.75. The van der Waals surface area contributed by atoms with Crippen molar-refractivity contribution < 1.29 is 9.21 Å². The lowest BCUT2D eigenvalue weighted by atomic mass is 10.1. The number of carbonyl (C=O) groups excluding carboxylic acids is 1. The number of amides is 1. The summed E-state index contributed by atoms with van der Waals surface area (Å²) >= 11 is 0. The van der Waals surface area contributed by atoms with Crippen LogP contribution in [0.3, 0.4) is 0 Å². The third-order valence-electron chi connectivity index (χ3n) is 4.44. The van der Waals surface area contributed by atoms with Crippen molar-refractivity contribution in [2.45, 2.75) is 31.7 Å². The van der Waals surface area contributed by atoms with Crippen LogP contribution in [0.5, 0.6) is 0 Å². The molecule has 2 fully saturated rings. The number of para-hydroxylation sites is 1. The molecule has 2 saturated carbocycles. The Bertz CT molecular complexity index is 744. The van der Waals surface area contributed by atoms with Gasteiger partial charge in [-0.1, -0.05) is 18.2 Å². The van der Waals surface area contributed by atoms with E-state index < -0.39 is 5.63 Å². The summed E-state index contributed by atoms with van der Waals surface area (Å²) in [5.74, 6) is 0.918. The Kier molecular flexibility index (Phi) is 2.84. The predicted molar refractivity (Wildman–Crippen MR) is 79.2 cm³/mol. The third-order valence-corrected chi connectivity index (χ3v) is 4.44. The molecule has 0 unspecified atom stereocenters. The number of rotatable bonds is 4. The first-order valence-corrected chi connectivity index (χ1v) is 7.56. The van der Waals surface area contributed by atoms with Gasteiger partial charge in [0.2, 0.25) is 0 Å². The third kappa shape index (κ3) is 2.46. The van der Waals surface area contributed by atoms with E-state index in [4.69, 9.17) is 4.42 Å². The van der Waals surface area contributed by atoms with Crippen LogP contribution in [-0.2, 0) is 0 Å². The zero-order chi connectivity index (χ0) is 14.4. The molecule has 0 atom stereocenters. The fraction of sp³-hybridized carbons (Fsp3) is 0.412. The maximum absolute atomic E-state index is 12.4. The highest BCUT2D eigenvalue weighted by Gasteiger charge is 2.42. The van der Waals surface area contributed by atoms with Crippen LogP contribution in [0.25, 0.3) is 11.0 Å². The average molecular weight is 283 g/mol. The van der Waals surface area contributed by atoms with E-state index >= 15 is 0 Å². The molecule has 2 aliphatic rings. The van der Waals surface area contributed by atoms with Gasteiger partial charge in [-0.05, 0) is 49.7 Å². The zero-order valence-electron chi connectivity index (χ0n) is 11.7. The highest BCUT2D eigenvalue weighted by Crippen LogP contribution is 2.44. The summed E-state index contributed by atoms with van der Waals surface area (Å²) < 4.78 is 5.23. The normalized spacial score (nSPS) is 18.1. The van der Waals surface area contributed by atoms with E-state index in [1.807, 2.05) is 12.1 Å². The van der Waals surface area contributed by atoms with Crippen LogP contribution in [0, 0.1) is 11.8 Å². The maximum Gasteiger partial charge on any atom is 0.349 e.